The van der Waals surface area contributed by atoms with E-state index in [9.17, 15) is 18.0 Å². The molecule has 228 valence electrons. The Bertz CT molecular complexity index is 1860. The Morgan fingerprint density at radius 3 is 2.43 bits per heavy atom. The lowest BCUT2D eigenvalue weighted by atomic mass is 9.86. The third kappa shape index (κ3) is 6.44. The van der Waals surface area contributed by atoms with Crippen molar-refractivity contribution in [1.82, 2.24) is 9.29 Å². The van der Waals surface area contributed by atoms with Gasteiger partial charge in [-0.1, -0.05) is 67.9 Å². The van der Waals surface area contributed by atoms with Crippen molar-refractivity contribution in [2.24, 2.45) is 0 Å². The number of sulfonamides is 1. The van der Waals surface area contributed by atoms with Gasteiger partial charge in [-0.2, -0.15) is 4.31 Å². The average molecular weight is 612 g/mol. The van der Waals surface area contributed by atoms with Crippen LogP contribution in [0.3, 0.4) is 0 Å². The molecule has 1 aliphatic carbocycles. The highest BCUT2D eigenvalue weighted by Gasteiger charge is 2.27. The van der Waals surface area contributed by atoms with Crippen LogP contribution in [0.5, 0.6) is 0 Å². The number of allylic oxidation sites excluding steroid dienone is 1. The summed E-state index contributed by atoms with van der Waals surface area (Å²) >= 11 is 0. The molecule has 44 heavy (non-hydrogen) atoms. The van der Waals surface area contributed by atoms with Crippen molar-refractivity contribution in [3.05, 3.63) is 100 Å². The highest BCUT2D eigenvalue weighted by Crippen LogP contribution is 2.36. The van der Waals surface area contributed by atoms with Crippen LogP contribution >= 0.6 is 0 Å². The van der Waals surface area contributed by atoms with E-state index in [1.54, 1.807) is 32.9 Å². The number of carbonyl (C=O) groups is 2. The van der Waals surface area contributed by atoms with Crippen LogP contribution in [0.4, 0.5) is 5.69 Å². The van der Waals surface area contributed by atoms with Crippen molar-refractivity contribution in [2.75, 3.05) is 25.0 Å². The van der Waals surface area contributed by atoms with E-state index >= 15 is 0 Å². The molecular formula is C35H37N3O5S. The second-order valence-electron chi connectivity index (χ2n) is 11.0. The number of nitrogens with zero attached hydrogens (tertiary/aromatic N) is 2. The maximum atomic E-state index is 13.6. The molecule has 0 saturated heterocycles. The summed E-state index contributed by atoms with van der Waals surface area (Å²) in [5.74, 6) is -1.17. The summed E-state index contributed by atoms with van der Waals surface area (Å²) in [6.45, 7) is 7.46. The fourth-order valence-electron chi connectivity index (χ4n) is 5.63. The number of anilines is 1. The van der Waals surface area contributed by atoms with Crippen molar-refractivity contribution in [3.63, 3.8) is 0 Å². The first-order valence-corrected chi connectivity index (χ1v) is 16.3. The summed E-state index contributed by atoms with van der Waals surface area (Å²) in [5.41, 5.74) is 6.91. The maximum absolute atomic E-state index is 13.6. The molecule has 0 radical (unpaired) electrons. The lowest BCUT2D eigenvalue weighted by Gasteiger charge is -2.22. The third-order valence-corrected chi connectivity index (χ3v) is 10.1. The number of para-hydroxylation sites is 1. The van der Waals surface area contributed by atoms with Gasteiger partial charge in [0.1, 0.15) is 0 Å². The Kier molecular flexibility index (Phi) is 9.27. The molecule has 0 unspecified atom stereocenters. The summed E-state index contributed by atoms with van der Waals surface area (Å²) in [6.07, 6.45) is 4.49. The van der Waals surface area contributed by atoms with E-state index in [2.05, 4.69) is 42.6 Å². The van der Waals surface area contributed by atoms with Crippen molar-refractivity contribution >= 4 is 50.1 Å². The van der Waals surface area contributed by atoms with E-state index in [0.717, 1.165) is 35.2 Å². The fraction of sp³-hybridized carbons (Fsp3) is 0.286. The van der Waals surface area contributed by atoms with E-state index < -0.39 is 28.5 Å². The molecule has 8 nitrogen and oxygen atoms in total. The molecule has 0 fully saturated rings. The molecular weight excluding hydrogens is 574 g/mol. The molecule has 1 amide bonds. The SMILES string of the molecule is CCN(CC)S(=O)(=O)c1cc(NC(=O)COC(=O)c2c3c(nc4ccccc24)/C(=C\c2ccc(C)cc2)CCC3)ccc1C. The van der Waals surface area contributed by atoms with E-state index in [4.69, 9.17) is 9.72 Å². The molecule has 0 aliphatic heterocycles. The van der Waals surface area contributed by atoms with Gasteiger partial charge in [0, 0.05) is 24.2 Å². The normalized spacial score (nSPS) is 14.1. The molecule has 0 spiro atoms. The molecule has 0 atom stereocenters. The second-order valence-corrected chi connectivity index (χ2v) is 12.9. The monoisotopic (exact) mass is 611 g/mol. The van der Waals surface area contributed by atoms with Gasteiger partial charge >= 0.3 is 5.97 Å². The number of esters is 1. The van der Waals surface area contributed by atoms with E-state index in [0.29, 0.717) is 47.2 Å². The van der Waals surface area contributed by atoms with Gasteiger partial charge in [-0.25, -0.2) is 18.2 Å². The molecule has 1 N–H and O–H groups in total. The van der Waals surface area contributed by atoms with Gasteiger partial charge in [0.05, 0.1) is 21.7 Å². The molecule has 1 aliphatic rings. The minimum atomic E-state index is -3.72. The number of pyridine rings is 1. The van der Waals surface area contributed by atoms with Gasteiger partial charge < -0.3 is 10.1 Å². The van der Waals surface area contributed by atoms with Crippen LogP contribution in [0.2, 0.25) is 0 Å². The van der Waals surface area contributed by atoms with Crippen LogP contribution < -0.4 is 5.32 Å². The van der Waals surface area contributed by atoms with E-state index in [1.165, 1.54) is 15.9 Å². The van der Waals surface area contributed by atoms with Crippen LogP contribution in [0.25, 0.3) is 22.6 Å². The van der Waals surface area contributed by atoms with Crippen molar-refractivity contribution in [1.29, 1.82) is 0 Å². The molecule has 0 bridgehead atoms. The van der Waals surface area contributed by atoms with Crippen LogP contribution in [0.15, 0.2) is 71.6 Å². The first kappa shape index (κ1) is 31.1. The summed E-state index contributed by atoms with van der Waals surface area (Å²) in [4.78, 5) is 31.6. The van der Waals surface area contributed by atoms with Gasteiger partial charge in [-0.3, -0.25) is 4.79 Å². The zero-order valence-corrected chi connectivity index (χ0v) is 26.3. The first-order valence-electron chi connectivity index (χ1n) is 14.9. The van der Waals surface area contributed by atoms with Crippen LogP contribution in [-0.2, 0) is 26.0 Å². The Morgan fingerprint density at radius 2 is 1.70 bits per heavy atom. The first-order chi connectivity index (χ1) is 21.1. The zero-order valence-electron chi connectivity index (χ0n) is 25.5. The van der Waals surface area contributed by atoms with Crippen molar-refractivity contribution in [2.45, 2.75) is 51.9 Å². The summed E-state index contributed by atoms with van der Waals surface area (Å²) in [6, 6.07) is 20.5. The number of ether oxygens (including phenoxy) is 1. The lowest BCUT2D eigenvalue weighted by molar-refractivity contribution is -0.119. The fourth-order valence-corrected chi connectivity index (χ4v) is 7.34. The second kappa shape index (κ2) is 13.1. The standard InChI is InChI=1S/C35H37N3O5S/c1-5-38(6-2)44(41,42)31-21-27(19-16-24(31)4)36-32(39)22-43-35(40)33-28-11-7-8-13-30(28)37-34-26(10-9-12-29(33)34)20-25-17-14-23(3)15-18-25/h7-8,11,13-21H,5-6,9-10,12,22H2,1-4H3,(H,36,39)/b26-20-. The minimum Gasteiger partial charge on any atom is -0.452 e. The summed E-state index contributed by atoms with van der Waals surface area (Å²) in [5, 5.41) is 3.36. The Labute approximate surface area is 258 Å². The maximum Gasteiger partial charge on any atom is 0.339 e. The Morgan fingerprint density at radius 1 is 0.977 bits per heavy atom. The topological polar surface area (TPSA) is 106 Å². The van der Waals surface area contributed by atoms with Crippen molar-refractivity contribution in [3.8, 4) is 0 Å². The predicted molar refractivity (Wildman–Crippen MR) is 174 cm³/mol. The van der Waals surface area contributed by atoms with Crippen LogP contribution in [-0.4, -0.2) is 49.3 Å². The van der Waals surface area contributed by atoms with E-state index in [-0.39, 0.29) is 4.90 Å². The highest BCUT2D eigenvalue weighted by atomic mass is 32.2. The Hall–Kier alpha value is -4.34. The number of hydrogen-bond donors (Lipinski definition) is 1. The smallest absolute Gasteiger partial charge is 0.339 e. The Balaban J connectivity index is 1.39. The number of aromatic nitrogens is 1. The molecule has 5 rings (SSSR count). The number of rotatable bonds is 9. The highest BCUT2D eigenvalue weighted by molar-refractivity contribution is 7.89. The van der Waals surface area contributed by atoms with Gasteiger partial charge in [-0.05, 0) is 79.6 Å². The largest absolute Gasteiger partial charge is 0.452 e. The minimum absolute atomic E-state index is 0.125. The summed E-state index contributed by atoms with van der Waals surface area (Å²) in [7, 11) is -3.72. The molecule has 0 saturated carbocycles. The van der Waals surface area contributed by atoms with Crippen LogP contribution in [0.1, 0.15) is 65.0 Å². The third-order valence-electron chi connectivity index (χ3n) is 7.92. The predicted octanol–water partition coefficient (Wildman–Crippen LogP) is 6.55. The number of fused-ring (bicyclic) bond motifs is 2. The number of amides is 1. The summed E-state index contributed by atoms with van der Waals surface area (Å²) < 4.78 is 33.2. The van der Waals surface area contributed by atoms with Crippen LogP contribution in [0, 0.1) is 13.8 Å². The number of benzene rings is 3. The van der Waals surface area contributed by atoms with Gasteiger partial charge in [0.2, 0.25) is 10.0 Å². The van der Waals surface area contributed by atoms with Gasteiger partial charge in [0.25, 0.3) is 5.91 Å². The zero-order chi connectivity index (χ0) is 31.4. The number of nitrogens with one attached hydrogen (secondary N) is 1. The molecule has 1 heterocycles. The number of carbonyl (C=O) groups excluding carboxylic acids is 2. The van der Waals surface area contributed by atoms with Gasteiger partial charge in [0.15, 0.2) is 6.61 Å². The average Bonchev–Trinajstić information content (AvgIpc) is 3.01. The van der Waals surface area contributed by atoms with E-state index in [1.807, 2.05) is 24.3 Å². The number of hydrogen-bond acceptors (Lipinski definition) is 6. The quantitative estimate of drug-likeness (QED) is 0.215. The molecule has 4 aromatic rings. The number of aryl methyl sites for hydroxylation is 2. The molecule has 1 aromatic heterocycles. The van der Waals surface area contributed by atoms with Gasteiger partial charge in [-0.15, -0.1) is 0 Å². The molecule has 3 aromatic carbocycles. The lowest BCUT2D eigenvalue weighted by Crippen LogP contribution is -2.31. The molecule has 9 heteroatoms. The van der Waals surface area contributed by atoms with Crippen molar-refractivity contribution < 1.29 is 22.7 Å².